The Morgan fingerprint density at radius 3 is 1.98 bits per heavy atom. The van der Waals surface area contributed by atoms with Gasteiger partial charge in [0.15, 0.2) is 0 Å². The first-order valence-corrected chi connectivity index (χ1v) is 14.3. The van der Waals surface area contributed by atoms with Crippen molar-refractivity contribution in [2.45, 2.75) is 84.2 Å². The highest BCUT2D eigenvalue weighted by molar-refractivity contribution is 5.94. The molecule has 0 fully saturated rings. The first-order valence-electron chi connectivity index (χ1n) is 14.3. The normalized spacial score (nSPS) is 15.0. The average Bonchev–Trinajstić information content (AvgIpc) is 3.36. The zero-order valence-corrected chi connectivity index (χ0v) is 25.2. The van der Waals surface area contributed by atoms with Crippen LogP contribution in [0.5, 0.6) is 0 Å². The van der Waals surface area contributed by atoms with Gasteiger partial charge in [0.2, 0.25) is 11.8 Å². The molecule has 11 nitrogen and oxygen atoms in total. The number of carbonyl (C=O) groups is 5. The number of nitrogens with one attached hydrogen (secondary N) is 3. The van der Waals surface area contributed by atoms with Crippen LogP contribution in [0.1, 0.15) is 57.7 Å². The summed E-state index contributed by atoms with van der Waals surface area (Å²) >= 11 is 0. The molecule has 43 heavy (non-hydrogen) atoms. The minimum Gasteiger partial charge on any atom is -0.480 e. The van der Waals surface area contributed by atoms with Crippen molar-refractivity contribution >= 4 is 29.8 Å². The number of alkyl carbamates (subject to hydrolysis) is 1. The lowest BCUT2D eigenvalue weighted by atomic mass is 9.94. The van der Waals surface area contributed by atoms with Gasteiger partial charge in [0.05, 0.1) is 6.42 Å². The van der Waals surface area contributed by atoms with Crippen molar-refractivity contribution in [3.63, 3.8) is 0 Å². The third-order valence-electron chi connectivity index (χ3n) is 6.98. The van der Waals surface area contributed by atoms with Crippen molar-refractivity contribution in [2.24, 2.45) is 11.8 Å². The van der Waals surface area contributed by atoms with E-state index >= 15 is 0 Å². The number of aliphatic carboxylic acids is 1. The predicted molar refractivity (Wildman–Crippen MR) is 158 cm³/mol. The monoisotopic (exact) mass is 595 g/mol. The summed E-state index contributed by atoms with van der Waals surface area (Å²) in [7, 11) is 0. The van der Waals surface area contributed by atoms with Gasteiger partial charge in [-0.2, -0.15) is 0 Å². The number of carbonyl (C=O) groups excluding carboxylic acids is 4. The molecule has 232 valence electrons. The van der Waals surface area contributed by atoms with Gasteiger partial charge in [-0.1, -0.05) is 68.4 Å². The molecule has 0 saturated carbocycles. The number of esters is 1. The number of benzene rings is 2. The summed E-state index contributed by atoms with van der Waals surface area (Å²) in [6.07, 6.45) is -0.520. The van der Waals surface area contributed by atoms with E-state index in [1.54, 1.807) is 58.9 Å². The lowest BCUT2D eigenvalue weighted by Gasteiger charge is -2.29. The van der Waals surface area contributed by atoms with Crippen LogP contribution in [0, 0.1) is 11.8 Å². The van der Waals surface area contributed by atoms with Gasteiger partial charge in [-0.25, -0.2) is 9.59 Å². The van der Waals surface area contributed by atoms with Crippen molar-refractivity contribution in [2.75, 3.05) is 0 Å². The summed E-state index contributed by atoms with van der Waals surface area (Å²) in [5.74, 6) is -4.23. The van der Waals surface area contributed by atoms with E-state index in [9.17, 15) is 29.1 Å². The predicted octanol–water partition coefficient (Wildman–Crippen LogP) is 3.14. The van der Waals surface area contributed by atoms with E-state index in [-0.39, 0.29) is 6.61 Å². The fraction of sp³-hybridized carbons (Fsp3) is 0.469. The van der Waals surface area contributed by atoms with Gasteiger partial charge in [0.1, 0.15) is 30.3 Å². The number of ether oxygens (including phenoxy) is 2. The van der Waals surface area contributed by atoms with Crippen molar-refractivity contribution in [1.82, 2.24) is 16.0 Å². The number of hydrogen-bond donors (Lipinski definition) is 4. The number of carboxylic acid groups (broad SMARTS) is 1. The van der Waals surface area contributed by atoms with Crippen LogP contribution in [0.15, 0.2) is 54.6 Å². The molecule has 0 aromatic heterocycles. The highest BCUT2D eigenvalue weighted by atomic mass is 16.6. The fourth-order valence-electron chi connectivity index (χ4n) is 4.90. The molecule has 0 aliphatic heterocycles. The molecular weight excluding hydrogens is 554 g/mol. The summed E-state index contributed by atoms with van der Waals surface area (Å²) < 4.78 is 10.6. The zero-order chi connectivity index (χ0) is 31.7. The molecule has 11 heteroatoms. The molecule has 3 amide bonds. The largest absolute Gasteiger partial charge is 0.480 e. The van der Waals surface area contributed by atoms with Gasteiger partial charge < -0.3 is 30.5 Å². The second-order valence-corrected chi connectivity index (χ2v) is 12.0. The van der Waals surface area contributed by atoms with Crippen LogP contribution in [0.4, 0.5) is 4.79 Å². The second kappa shape index (κ2) is 14.7. The topological polar surface area (TPSA) is 160 Å². The standard InChI is InChI=1S/C32H41N3O8/c1-19(2)26(30(39)40)34-29(38)27(23-15-21-13-9-10-14-22(21)16-23)35-28(37)24(17-25(36)43-32(3,4)5)33-31(41)42-18-20-11-7-6-8-12-20/h6-14,19,23-24,26-27H,15-18H2,1-5H3,(H,33,41)(H,34,38)(H,35,37)(H,39,40)/t24-,26?,27-/m0/s1. The molecule has 0 saturated heterocycles. The molecule has 1 aliphatic rings. The molecule has 2 aromatic rings. The first kappa shape index (κ1) is 33.1. The number of fused-ring (bicyclic) bond motifs is 1. The van der Waals surface area contributed by atoms with E-state index in [1.807, 2.05) is 30.3 Å². The van der Waals surface area contributed by atoms with Crippen molar-refractivity contribution < 1.29 is 38.6 Å². The molecule has 1 unspecified atom stereocenters. The number of carboxylic acids is 1. The number of hydrogen-bond acceptors (Lipinski definition) is 7. The summed E-state index contributed by atoms with van der Waals surface area (Å²) in [4.78, 5) is 64.5. The van der Waals surface area contributed by atoms with Crippen LogP contribution in [0.3, 0.4) is 0 Å². The van der Waals surface area contributed by atoms with Gasteiger partial charge in [0.25, 0.3) is 0 Å². The maximum atomic E-state index is 13.7. The highest BCUT2D eigenvalue weighted by Crippen LogP contribution is 2.29. The SMILES string of the molecule is CC(C)C(NC(=O)[C@@H](NC(=O)[C@H](CC(=O)OC(C)(C)C)NC(=O)OCc1ccccc1)C1Cc2ccccc2C1)C(=O)O. The van der Waals surface area contributed by atoms with Crippen LogP contribution < -0.4 is 16.0 Å². The fourth-order valence-corrected chi connectivity index (χ4v) is 4.90. The van der Waals surface area contributed by atoms with Crippen molar-refractivity contribution in [1.29, 1.82) is 0 Å². The minimum atomic E-state index is -1.43. The summed E-state index contributed by atoms with van der Waals surface area (Å²) in [5.41, 5.74) is 1.92. The first-order chi connectivity index (χ1) is 20.2. The molecule has 4 N–H and O–H groups in total. The lowest BCUT2D eigenvalue weighted by molar-refractivity contribution is -0.156. The van der Waals surface area contributed by atoms with E-state index in [4.69, 9.17) is 9.47 Å². The summed E-state index contributed by atoms with van der Waals surface area (Å²) in [6, 6.07) is 12.8. The van der Waals surface area contributed by atoms with E-state index in [2.05, 4.69) is 16.0 Å². The number of amides is 3. The average molecular weight is 596 g/mol. The Morgan fingerprint density at radius 1 is 0.860 bits per heavy atom. The van der Waals surface area contributed by atoms with E-state index in [1.165, 1.54) is 0 Å². The molecule has 0 radical (unpaired) electrons. The third-order valence-corrected chi connectivity index (χ3v) is 6.98. The molecule has 2 aromatic carbocycles. The van der Waals surface area contributed by atoms with E-state index in [0.29, 0.717) is 12.8 Å². The third kappa shape index (κ3) is 10.1. The van der Waals surface area contributed by atoms with Crippen LogP contribution in [0.25, 0.3) is 0 Å². The van der Waals surface area contributed by atoms with Gasteiger partial charge in [0, 0.05) is 0 Å². The Labute approximate surface area is 251 Å². The smallest absolute Gasteiger partial charge is 0.408 e. The van der Waals surface area contributed by atoms with Gasteiger partial charge in [-0.05, 0) is 62.1 Å². The summed E-state index contributed by atoms with van der Waals surface area (Å²) in [6.45, 7) is 8.29. The molecule has 3 atom stereocenters. The van der Waals surface area contributed by atoms with Crippen LogP contribution in [0.2, 0.25) is 0 Å². The van der Waals surface area contributed by atoms with E-state index in [0.717, 1.165) is 16.7 Å². The van der Waals surface area contributed by atoms with Crippen molar-refractivity contribution in [3.8, 4) is 0 Å². The summed E-state index contributed by atoms with van der Waals surface area (Å²) in [5, 5.41) is 17.4. The second-order valence-electron chi connectivity index (χ2n) is 12.0. The Kier molecular flexibility index (Phi) is 11.3. The van der Waals surface area contributed by atoms with Gasteiger partial charge >= 0.3 is 18.0 Å². The van der Waals surface area contributed by atoms with Crippen LogP contribution >= 0.6 is 0 Å². The zero-order valence-electron chi connectivity index (χ0n) is 25.2. The van der Waals surface area contributed by atoms with Crippen LogP contribution in [-0.2, 0) is 48.1 Å². The number of rotatable bonds is 12. The van der Waals surface area contributed by atoms with E-state index < -0.39 is 71.8 Å². The van der Waals surface area contributed by atoms with Crippen molar-refractivity contribution in [3.05, 3.63) is 71.3 Å². The quantitative estimate of drug-likeness (QED) is 0.272. The molecule has 0 heterocycles. The van der Waals surface area contributed by atoms with Gasteiger partial charge in [-0.3, -0.25) is 14.4 Å². The van der Waals surface area contributed by atoms with Crippen LogP contribution in [-0.4, -0.2) is 58.7 Å². The highest BCUT2D eigenvalue weighted by Gasteiger charge is 2.38. The molecular formula is C32H41N3O8. The lowest BCUT2D eigenvalue weighted by Crippen LogP contribution is -2.59. The maximum absolute atomic E-state index is 13.7. The minimum absolute atomic E-state index is 0.0649. The molecule has 0 spiro atoms. The Bertz CT molecular complexity index is 1280. The molecule has 0 bridgehead atoms. The Balaban J connectivity index is 1.82. The Hall–Kier alpha value is -4.41. The Morgan fingerprint density at radius 2 is 1.44 bits per heavy atom. The maximum Gasteiger partial charge on any atom is 0.408 e. The van der Waals surface area contributed by atoms with Gasteiger partial charge in [-0.15, -0.1) is 0 Å². The molecule has 3 rings (SSSR count). The molecule has 1 aliphatic carbocycles.